The molecule has 0 aliphatic heterocycles. The van der Waals surface area contributed by atoms with Gasteiger partial charge in [-0.25, -0.2) is 0 Å². The number of hydrogen-bond donors (Lipinski definition) is 1. The summed E-state index contributed by atoms with van der Waals surface area (Å²) in [7, 11) is 0. The second-order valence-corrected chi connectivity index (χ2v) is 8.35. The molecular weight excluding hydrogens is 506 g/mol. The zero-order valence-corrected chi connectivity index (χ0v) is 19.3. The molecule has 0 atom stereocenters. The van der Waals surface area contributed by atoms with Gasteiger partial charge in [0.25, 0.3) is 0 Å². The molecule has 0 saturated heterocycles. The molecule has 3 aromatic carbocycles. The van der Waals surface area contributed by atoms with E-state index in [-0.39, 0.29) is 0 Å². The summed E-state index contributed by atoms with van der Waals surface area (Å²) in [6, 6.07) is 19.9. The van der Waals surface area contributed by atoms with Gasteiger partial charge in [0.15, 0.2) is 11.5 Å². The molecule has 0 aromatic heterocycles. The number of halogens is 3. The molecule has 0 bridgehead atoms. The smallest absolute Gasteiger partial charge is 0.180 e. The molecule has 0 spiro atoms. The first kappa shape index (κ1) is 21.0. The van der Waals surface area contributed by atoms with E-state index in [2.05, 4.69) is 37.2 Å². The van der Waals surface area contributed by atoms with E-state index in [1.54, 1.807) is 0 Å². The van der Waals surface area contributed by atoms with Crippen LogP contribution >= 0.6 is 43.5 Å². The second-order valence-electron chi connectivity index (χ2n) is 6.11. The third-order valence-electron chi connectivity index (χ3n) is 4.01. The molecule has 3 aromatic rings. The molecule has 0 unspecified atom stereocenters. The van der Waals surface area contributed by atoms with E-state index >= 15 is 0 Å². The van der Waals surface area contributed by atoms with Crippen molar-refractivity contribution in [2.45, 2.75) is 20.1 Å². The number of anilines is 1. The quantitative estimate of drug-likeness (QED) is 0.331. The van der Waals surface area contributed by atoms with Gasteiger partial charge in [0, 0.05) is 21.2 Å². The highest BCUT2D eigenvalue weighted by atomic mass is 79.9. The highest BCUT2D eigenvalue weighted by Gasteiger charge is 2.13. The summed E-state index contributed by atoms with van der Waals surface area (Å²) in [6.07, 6.45) is 0. The average molecular weight is 526 g/mol. The van der Waals surface area contributed by atoms with Gasteiger partial charge in [0.05, 0.1) is 11.6 Å². The monoisotopic (exact) mass is 523 g/mol. The van der Waals surface area contributed by atoms with Gasteiger partial charge < -0.3 is 14.8 Å². The summed E-state index contributed by atoms with van der Waals surface area (Å²) in [6.45, 7) is 3.53. The van der Waals surface area contributed by atoms with Crippen molar-refractivity contribution in [3.63, 3.8) is 0 Å². The summed E-state index contributed by atoms with van der Waals surface area (Å²) in [4.78, 5) is 0. The predicted molar refractivity (Wildman–Crippen MR) is 123 cm³/mol. The summed E-state index contributed by atoms with van der Waals surface area (Å²) in [5.74, 6) is 1.22. The van der Waals surface area contributed by atoms with Gasteiger partial charge in [0.1, 0.15) is 6.61 Å². The van der Waals surface area contributed by atoms with Crippen molar-refractivity contribution in [2.24, 2.45) is 0 Å². The Labute approximate surface area is 187 Å². The molecule has 0 amide bonds. The second kappa shape index (κ2) is 10.2. The molecule has 0 heterocycles. The minimum Gasteiger partial charge on any atom is -0.490 e. The summed E-state index contributed by atoms with van der Waals surface area (Å²) in [5, 5.41) is 3.92. The van der Waals surface area contributed by atoms with E-state index in [1.165, 1.54) is 0 Å². The third-order valence-corrected chi connectivity index (χ3v) is 5.34. The molecular formula is C22H20Br2ClNO2. The Morgan fingerprint density at radius 2 is 1.50 bits per heavy atom. The van der Waals surface area contributed by atoms with Crippen molar-refractivity contribution >= 4 is 49.1 Å². The Kier molecular flexibility index (Phi) is 7.65. The van der Waals surface area contributed by atoms with Crippen LogP contribution < -0.4 is 14.8 Å². The zero-order chi connectivity index (χ0) is 19.9. The number of benzene rings is 3. The molecule has 6 heteroatoms. The maximum Gasteiger partial charge on any atom is 0.180 e. The standard InChI is InChI=1S/C22H20Br2ClNO2/c1-2-27-21-12-16(13-26-19-9-7-18(24)8-10-19)11-20(25)22(21)28-14-15-3-5-17(23)6-4-15/h3-12,26H,2,13-14H2,1H3. The van der Waals surface area contributed by atoms with E-state index < -0.39 is 0 Å². The molecule has 3 nitrogen and oxygen atoms in total. The van der Waals surface area contributed by atoms with Gasteiger partial charge >= 0.3 is 0 Å². The Bertz CT molecular complexity index is 915. The van der Waals surface area contributed by atoms with Crippen LogP contribution in [0.3, 0.4) is 0 Å². The lowest BCUT2D eigenvalue weighted by Crippen LogP contribution is -2.04. The first-order valence-electron chi connectivity index (χ1n) is 8.87. The summed E-state index contributed by atoms with van der Waals surface area (Å²) >= 11 is 13.4. The van der Waals surface area contributed by atoms with Gasteiger partial charge in [0.2, 0.25) is 0 Å². The third kappa shape index (κ3) is 5.90. The first-order chi connectivity index (χ1) is 13.5. The van der Waals surface area contributed by atoms with Crippen molar-refractivity contribution in [3.8, 4) is 11.5 Å². The van der Waals surface area contributed by atoms with Crippen LogP contribution in [0.4, 0.5) is 5.69 Å². The number of hydrogen-bond acceptors (Lipinski definition) is 3. The average Bonchev–Trinajstić information content (AvgIpc) is 2.68. The SMILES string of the molecule is CCOc1cc(CNc2ccc(Br)cc2)cc(Cl)c1OCc1ccc(Br)cc1. The predicted octanol–water partition coefficient (Wildman–Crippen LogP) is 7.45. The molecule has 0 aliphatic rings. The Morgan fingerprint density at radius 1 is 0.857 bits per heavy atom. The normalized spacial score (nSPS) is 10.6. The molecule has 0 radical (unpaired) electrons. The highest BCUT2D eigenvalue weighted by molar-refractivity contribution is 9.10. The van der Waals surface area contributed by atoms with Crippen LogP contribution in [0.15, 0.2) is 69.6 Å². The molecule has 146 valence electrons. The summed E-state index contributed by atoms with van der Waals surface area (Å²) < 4.78 is 13.8. The Morgan fingerprint density at radius 3 is 2.14 bits per heavy atom. The van der Waals surface area contributed by atoms with Crippen molar-refractivity contribution in [1.29, 1.82) is 0 Å². The van der Waals surface area contributed by atoms with E-state index in [1.807, 2.05) is 67.6 Å². The summed E-state index contributed by atoms with van der Waals surface area (Å²) in [5.41, 5.74) is 3.11. The van der Waals surface area contributed by atoms with Crippen LogP contribution in [0.2, 0.25) is 5.02 Å². The van der Waals surface area contributed by atoms with Crippen LogP contribution in [0.5, 0.6) is 11.5 Å². The van der Waals surface area contributed by atoms with Gasteiger partial charge in [-0.05, 0) is 66.6 Å². The van der Waals surface area contributed by atoms with Crippen LogP contribution in [-0.2, 0) is 13.2 Å². The van der Waals surface area contributed by atoms with Crippen LogP contribution in [-0.4, -0.2) is 6.61 Å². The van der Waals surface area contributed by atoms with E-state index in [9.17, 15) is 0 Å². The fourth-order valence-electron chi connectivity index (χ4n) is 2.63. The van der Waals surface area contributed by atoms with E-state index in [0.717, 1.165) is 25.8 Å². The van der Waals surface area contributed by atoms with Gasteiger partial charge in [-0.3, -0.25) is 0 Å². The van der Waals surface area contributed by atoms with Crippen molar-refractivity contribution < 1.29 is 9.47 Å². The maximum atomic E-state index is 6.52. The van der Waals surface area contributed by atoms with E-state index in [0.29, 0.717) is 36.3 Å². The van der Waals surface area contributed by atoms with Crippen molar-refractivity contribution in [3.05, 3.63) is 85.8 Å². The van der Waals surface area contributed by atoms with Gasteiger partial charge in [-0.15, -0.1) is 0 Å². The minimum absolute atomic E-state index is 0.420. The Hall–Kier alpha value is -1.69. The van der Waals surface area contributed by atoms with Crippen molar-refractivity contribution in [1.82, 2.24) is 0 Å². The number of rotatable bonds is 8. The zero-order valence-electron chi connectivity index (χ0n) is 15.3. The van der Waals surface area contributed by atoms with Gasteiger partial charge in [-0.2, -0.15) is 0 Å². The van der Waals surface area contributed by atoms with Crippen LogP contribution in [0, 0.1) is 0 Å². The highest BCUT2D eigenvalue weighted by Crippen LogP contribution is 2.37. The lowest BCUT2D eigenvalue weighted by molar-refractivity contribution is 0.269. The largest absolute Gasteiger partial charge is 0.490 e. The van der Waals surface area contributed by atoms with Crippen LogP contribution in [0.1, 0.15) is 18.1 Å². The molecule has 3 rings (SSSR count). The Balaban J connectivity index is 1.73. The lowest BCUT2D eigenvalue weighted by Gasteiger charge is -2.16. The lowest BCUT2D eigenvalue weighted by atomic mass is 10.2. The topological polar surface area (TPSA) is 30.5 Å². The molecule has 28 heavy (non-hydrogen) atoms. The van der Waals surface area contributed by atoms with Crippen LogP contribution in [0.25, 0.3) is 0 Å². The number of ether oxygens (including phenoxy) is 2. The minimum atomic E-state index is 0.420. The fourth-order valence-corrected chi connectivity index (χ4v) is 3.45. The molecule has 0 fully saturated rings. The molecule has 0 saturated carbocycles. The van der Waals surface area contributed by atoms with Crippen molar-refractivity contribution in [2.75, 3.05) is 11.9 Å². The first-order valence-corrected chi connectivity index (χ1v) is 10.8. The number of nitrogens with one attached hydrogen (secondary N) is 1. The fraction of sp³-hybridized carbons (Fsp3) is 0.182. The maximum absolute atomic E-state index is 6.52. The molecule has 1 N–H and O–H groups in total. The van der Waals surface area contributed by atoms with Gasteiger partial charge in [-0.1, -0.05) is 55.6 Å². The van der Waals surface area contributed by atoms with E-state index in [4.69, 9.17) is 21.1 Å². The molecule has 0 aliphatic carbocycles.